The van der Waals surface area contributed by atoms with Gasteiger partial charge in [-0.1, -0.05) is 0 Å². The molecule has 7 N–H and O–H groups in total. The van der Waals surface area contributed by atoms with Gasteiger partial charge >= 0.3 is 0 Å². The molecule has 0 amide bonds. The molecule has 21 heavy (non-hydrogen) atoms. The number of aliphatic hydroxyl groups is 3. The number of ether oxygens (including phenoxy) is 1. The van der Waals surface area contributed by atoms with E-state index in [-0.39, 0.29) is 6.61 Å². The van der Waals surface area contributed by atoms with E-state index in [0.717, 1.165) is 16.8 Å². The maximum atomic E-state index is 10.2. The Bertz CT molecular complexity index is 558. The number of amidine groups is 1. The highest BCUT2D eigenvalue weighted by molar-refractivity contribution is 5.84. The fraction of sp³-hybridized carbons (Fsp3) is 0.615. The number of aromatic nitrogens is 1. The van der Waals surface area contributed by atoms with Crippen molar-refractivity contribution in [2.75, 3.05) is 13.7 Å². The van der Waals surface area contributed by atoms with Crippen molar-refractivity contribution in [2.45, 2.75) is 36.9 Å². The van der Waals surface area contributed by atoms with Gasteiger partial charge in [0.05, 0.1) is 30.5 Å². The molecule has 5 unspecified atom stereocenters. The van der Waals surface area contributed by atoms with Crippen LogP contribution in [0, 0.1) is 0 Å². The summed E-state index contributed by atoms with van der Waals surface area (Å²) < 4.78 is 5.28. The molecule has 5 atom stereocenters. The monoisotopic (exact) mass is 296 g/mol. The second-order valence-electron chi connectivity index (χ2n) is 5.44. The van der Waals surface area contributed by atoms with Gasteiger partial charge in [-0.2, -0.15) is 0 Å². The molecule has 0 aliphatic carbocycles. The number of nitrogens with two attached hydrogens (primary N) is 1. The highest BCUT2D eigenvalue weighted by Crippen LogP contribution is 2.35. The average molecular weight is 296 g/mol. The summed E-state index contributed by atoms with van der Waals surface area (Å²) in [6.45, 7) is -0.244. The zero-order valence-corrected chi connectivity index (χ0v) is 11.7. The summed E-state index contributed by atoms with van der Waals surface area (Å²) in [6, 6.07) is -1.02. The molecule has 0 spiro atoms. The Morgan fingerprint density at radius 3 is 2.81 bits per heavy atom. The van der Waals surface area contributed by atoms with Gasteiger partial charge in [0.2, 0.25) is 0 Å². The first-order chi connectivity index (χ1) is 10.1. The Morgan fingerprint density at radius 1 is 1.43 bits per heavy atom. The van der Waals surface area contributed by atoms with Crippen molar-refractivity contribution in [3.63, 3.8) is 0 Å². The number of hydrogen-bond donors (Lipinski definition) is 6. The van der Waals surface area contributed by atoms with Crippen molar-refractivity contribution < 1.29 is 20.1 Å². The summed E-state index contributed by atoms with van der Waals surface area (Å²) in [5, 5.41) is 32.4. The van der Waals surface area contributed by atoms with E-state index in [4.69, 9.17) is 10.5 Å². The van der Waals surface area contributed by atoms with E-state index in [2.05, 4.69) is 15.3 Å². The van der Waals surface area contributed by atoms with Crippen molar-refractivity contribution in [1.82, 2.24) is 10.3 Å². The number of aliphatic imine (C=N–C) groups is 1. The number of aliphatic hydroxyl groups excluding tert-OH is 3. The molecule has 1 aromatic rings. The van der Waals surface area contributed by atoms with Crippen molar-refractivity contribution in [3.05, 3.63) is 23.0 Å². The highest BCUT2D eigenvalue weighted by atomic mass is 16.5. The summed E-state index contributed by atoms with van der Waals surface area (Å²) in [5.41, 5.74) is 8.37. The Morgan fingerprint density at radius 2 is 2.19 bits per heavy atom. The predicted octanol–water partition coefficient (Wildman–Crippen LogP) is -1.70. The Labute approximate surface area is 121 Å². The molecule has 1 fully saturated rings. The fourth-order valence-electron chi connectivity index (χ4n) is 3.09. The summed E-state index contributed by atoms with van der Waals surface area (Å²) in [7, 11) is 1.55. The van der Waals surface area contributed by atoms with E-state index < -0.39 is 30.5 Å². The number of nitrogens with one attached hydrogen (secondary N) is 2. The first-order valence-electron chi connectivity index (χ1n) is 6.84. The van der Waals surface area contributed by atoms with Crippen LogP contribution >= 0.6 is 0 Å². The van der Waals surface area contributed by atoms with E-state index in [1.165, 1.54) is 0 Å². The van der Waals surface area contributed by atoms with Crippen LogP contribution in [0.15, 0.2) is 11.2 Å². The van der Waals surface area contributed by atoms with E-state index in [1.807, 2.05) is 0 Å². The molecule has 8 nitrogen and oxygen atoms in total. The lowest BCUT2D eigenvalue weighted by atomic mass is 9.95. The van der Waals surface area contributed by atoms with Gasteiger partial charge in [0.15, 0.2) is 6.23 Å². The normalized spacial score (nSPS) is 35.6. The van der Waals surface area contributed by atoms with Gasteiger partial charge in [0, 0.05) is 19.7 Å². The molecular formula is C13H20N4O4. The quantitative estimate of drug-likeness (QED) is 0.393. The van der Waals surface area contributed by atoms with Crippen molar-refractivity contribution >= 4 is 5.84 Å². The molecule has 0 aromatic carbocycles. The van der Waals surface area contributed by atoms with E-state index >= 15 is 0 Å². The smallest absolute Gasteiger partial charge is 0.190 e. The number of H-pyrrole nitrogens is 1. The third-order valence-corrected chi connectivity index (χ3v) is 4.20. The number of rotatable bonds is 3. The van der Waals surface area contributed by atoms with Crippen molar-refractivity contribution in [3.8, 4) is 0 Å². The topological polar surface area (TPSA) is 136 Å². The standard InChI is InChI=1S/C13H20N4O4/c1-21-13-10-5(2-8(14)17-13)6(3-15-10)9-12(20)11(19)7(4-18)16-9/h3,7,9,11-13,15-16,18-20H,2,4H2,1H3,(H2,14,17). The zero-order chi connectivity index (χ0) is 15.1. The minimum absolute atomic E-state index is 0.244. The van der Waals surface area contributed by atoms with Crippen LogP contribution in [0.5, 0.6) is 0 Å². The van der Waals surface area contributed by atoms with Crippen molar-refractivity contribution in [1.29, 1.82) is 0 Å². The molecule has 3 rings (SSSR count). The molecule has 1 aromatic heterocycles. The summed E-state index contributed by atoms with van der Waals surface area (Å²) >= 11 is 0. The predicted molar refractivity (Wildman–Crippen MR) is 74.6 cm³/mol. The largest absolute Gasteiger partial charge is 0.395 e. The summed E-state index contributed by atoms with van der Waals surface area (Å²) in [6.07, 6.45) is -0.280. The highest BCUT2D eigenvalue weighted by Gasteiger charge is 2.43. The molecule has 2 aliphatic heterocycles. The molecule has 0 bridgehead atoms. The number of nitrogens with zero attached hydrogens (tertiary/aromatic N) is 1. The van der Waals surface area contributed by atoms with Gasteiger partial charge in [-0.3, -0.25) is 0 Å². The average Bonchev–Trinajstić information content (AvgIpc) is 3.01. The third-order valence-electron chi connectivity index (χ3n) is 4.20. The second kappa shape index (κ2) is 5.39. The van der Waals surface area contributed by atoms with Crippen LogP contribution in [0.4, 0.5) is 0 Å². The maximum absolute atomic E-state index is 10.2. The first kappa shape index (κ1) is 14.5. The van der Waals surface area contributed by atoms with Crippen LogP contribution in [0.2, 0.25) is 0 Å². The van der Waals surface area contributed by atoms with Crippen LogP contribution in [0.25, 0.3) is 0 Å². The molecule has 3 heterocycles. The molecule has 116 valence electrons. The van der Waals surface area contributed by atoms with Gasteiger partial charge in [-0.15, -0.1) is 0 Å². The van der Waals surface area contributed by atoms with Crippen LogP contribution in [0.3, 0.4) is 0 Å². The zero-order valence-electron chi connectivity index (χ0n) is 11.7. The van der Waals surface area contributed by atoms with Gasteiger partial charge < -0.3 is 36.1 Å². The van der Waals surface area contributed by atoms with Gasteiger partial charge in [0.25, 0.3) is 0 Å². The first-order valence-corrected chi connectivity index (χ1v) is 6.84. The second-order valence-corrected chi connectivity index (χ2v) is 5.44. The van der Waals surface area contributed by atoms with Crippen LogP contribution < -0.4 is 11.1 Å². The van der Waals surface area contributed by atoms with Crippen molar-refractivity contribution in [2.24, 2.45) is 10.7 Å². The van der Waals surface area contributed by atoms with Gasteiger partial charge in [-0.25, -0.2) is 4.99 Å². The lowest BCUT2D eigenvalue weighted by Crippen LogP contribution is -2.35. The summed E-state index contributed by atoms with van der Waals surface area (Å²) in [4.78, 5) is 7.33. The number of aromatic amines is 1. The Hall–Kier alpha value is -1.45. The molecule has 8 heteroatoms. The molecule has 0 radical (unpaired) electrons. The van der Waals surface area contributed by atoms with Crippen LogP contribution in [0.1, 0.15) is 29.1 Å². The lowest BCUT2D eigenvalue weighted by Gasteiger charge is -2.22. The fourth-order valence-corrected chi connectivity index (χ4v) is 3.09. The number of fused-ring (bicyclic) bond motifs is 1. The minimum atomic E-state index is -1.02. The molecule has 1 saturated heterocycles. The molecular weight excluding hydrogens is 276 g/mol. The third kappa shape index (κ3) is 2.25. The molecule has 0 saturated carbocycles. The maximum Gasteiger partial charge on any atom is 0.190 e. The van der Waals surface area contributed by atoms with Gasteiger partial charge in [-0.05, 0) is 11.1 Å². The van der Waals surface area contributed by atoms with Crippen LogP contribution in [-0.2, 0) is 11.2 Å². The van der Waals surface area contributed by atoms with Crippen LogP contribution in [-0.4, -0.2) is 58.1 Å². The van der Waals surface area contributed by atoms with E-state index in [0.29, 0.717) is 12.3 Å². The van der Waals surface area contributed by atoms with E-state index in [1.54, 1.807) is 13.3 Å². The number of hydrogen-bond acceptors (Lipinski definition) is 7. The summed E-state index contributed by atoms with van der Waals surface area (Å²) in [5.74, 6) is 0.460. The minimum Gasteiger partial charge on any atom is -0.395 e. The van der Waals surface area contributed by atoms with E-state index in [9.17, 15) is 15.3 Å². The Kier molecular flexibility index (Phi) is 3.72. The van der Waals surface area contributed by atoms with Gasteiger partial charge in [0.1, 0.15) is 11.9 Å². The number of methoxy groups -OCH3 is 1. The lowest BCUT2D eigenvalue weighted by molar-refractivity contribution is 0.0194. The molecule has 2 aliphatic rings. The SMILES string of the molecule is COC1N=C(N)Cc2c(C3NC(CO)C(O)C3O)c[nH]c21. The Balaban J connectivity index is 1.94.